The van der Waals surface area contributed by atoms with Gasteiger partial charge < -0.3 is 10.2 Å². The number of carbonyl (C=O) groups excluding carboxylic acids is 1. The highest BCUT2D eigenvalue weighted by atomic mass is 35.5. The summed E-state index contributed by atoms with van der Waals surface area (Å²) in [4.78, 5) is 17.0. The fourth-order valence-corrected chi connectivity index (χ4v) is 1.79. The highest BCUT2D eigenvalue weighted by Gasteiger charge is 2.29. The van der Waals surface area contributed by atoms with Crippen LogP contribution in [0.4, 0.5) is 10.2 Å². The van der Waals surface area contributed by atoms with Gasteiger partial charge in [0.05, 0.1) is 5.02 Å². The van der Waals surface area contributed by atoms with Gasteiger partial charge in [0.15, 0.2) is 11.6 Å². The number of hydrogen-bond donors (Lipinski definition) is 1. The van der Waals surface area contributed by atoms with Crippen LogP contribution in [-0.2, 0) is 4.79 Å². The van der Waals surface area contributed by atoms with Crippen LogP contribution < -0.4 is 5.32 Å². The van der Waals surface area contributed by atoms with Crippen molar-refractivity contribution in [3.63, 3.8) is 0 Å². The Balaban J connectivity index is 2.12. The second-order valence-electron chi connectivity index (χ2n) is 3.73. The molecule has 0 saturated carbocycles. The number of rotatable bonds is 2. The molecule has 1 saturated heterocycles. The van der Waals surface area contributed by atoms with Crippen LogP contribution in [0.5, 0.6) is 0 Å². The van der Waals surface area contributed by atoms with Crippen LogP contribution >= 0.6 is 11.6 Å². The molecule has 1 aromatic rings. The molecule has 1 aliphatic heterocycles. The summed E-state index contributed by atoms with van der Waals surface area (Å²) in [6, 6.07) is 0.771. The molecule has 0 aromatic carbocycles. The number of nitrogens with zero attached hydrogens (tertiary/aromatic N) is 2. The van der Waals surface area contributed by atoms with Crippen molar-refractivity contribution in [1.29, 1.82) is 0 Å². The molecule has 1 fully saturated rings. The van der Waals surface area contributed by atoms with Crippen molar-refractivity contribution in [2.75, 3.05) is 18.9 Å². The Morgan fingerprint density at radius 1 is 1.69 bits per heavy atom. The van der Waals surface area contributed by atoms with E-state index in [2.05, 4.69) is 10.3 Å². The maximum atomic E-state index is 13.4. The van der Waals surface area contributed by atoms with E-state index in [4.69, 9.17) is 11.6 Å². The number of aromatic nitrogens is 1. The molecule has 2 heterocycles. The van der Waals surface area contributed by atoms with Gasteiger partial charge in [0.2, 0.25) is 5.91 Å². The molecule has 1 amide bonds. The lowest BCUT2D eigenvalue weighted by Gasteiger charge is -2.13. The molecule has 1 atom stereocenters. The van der Waals surface area contributed by atoms with E-state index in [1.165, 1.54) is 12.3 Å². The second-order valence-corrected chi connectivity index (χ2v) is 4.17. The van der Waals surface area contributed by atoms with E-state index in [1.807, 2.05) is 0 Å². The topological polar surface area (TPSA) is 45.2 Å². The molecule has 1 unspecified atom stereocenters. The molecular formula is C10H11ClFN3O. The third kappa shape index (κ3) is 2.09. The number of nitrogens with one attached hydrogen (secondary N) is 1. The van der Waals surface area contributed by atoms with Crippen LogP contribution in [0.15, 0.2) is 12.3 Å². The molecule has 0 radical (unpaired) electrons. The summed E-state index contributed by atoms with van der Waals surface area (Å²) in [5.41, 5.74) is 0. The van der Waals surface area contributed by atoms with Gasteiger partial charge in [-0.15, -0.1) is 0 Å². The highest BCUT2D eigenvalue weighted by molar-refractivity contribution is 6.30. The third-order valence-electron chi connectivity index (χ3n) is 2.55. The maximum Gasteiger partial charge on any atom is 0.244 e. The molecule has 16 heavy (non-hydrogen) atoms. The van der Waals surface area contributed by atoms with E-state index >= 15 is 0 Å². The normalized spacial score (nSPS) is 20.3. The second kappa shape index (κ2) is 4.25. The number of likely N-dealkylation sites (tertiary alicyclic amines) is 1. The number of amides is 1. The summed E-state index contributed by atoms with van der Waals surface area (Å²) in [5.74, 6) is -0.524. The standard InChI is InChI=1S/C10H11ClFN3O/c1-15-3-2-8(10(15)16)14-9-7(12)4-6(11)5-13-9/h4-5,8H,2-3H2,1H3,(H,13,14). The number of hydrogen-bond acceptors (Lipinski definition) is 3. The monoisotopic (exact) mass is 243 g/mol. The summed E-state index contributed by atoms with van der Waals surface area (Å²) >= 11 is 5.58. The Morgan fingerprint density at radius 2 is 2.44 bits per heavy atom. The fourth-order valence-electron chi connectivity index (χ4n) is 1.64. The van der Waals surface area contributed by atoms with Crippen LogP contribution in [0.3, 0.4) is 0 Å². The van der Waals surface area contributed by atoms with E-state index in [-0.39, 0.29) is 16.7 Å². The predicted octanol–water partition coefficient (Wildman–Crippen LogP) is 1.52. The van der Waals surface area contributed by atoms with Gasteiger partial charge >= 0.3 is 0 Å². The number of pyridine rings is 1. The Labute approximate surface area is 97.4 Å². The quantitative estimate of drug-likeness (QED) is 0.857. The molecular weight excluding hydrogens is 233 g/mol. The Morgan fingerprint density at radius 3 is 3.00 bits per heavy atom. The lowest BCUT2D eigenvalue weighted by molar-refractivity contribution is -0.127. The molecule has 0 bridgehead atoms. The fraction of sp³-hybridized carbons (Fsp3) is 0.400. The average Bonchev–Trinajstić information content (AvgIpc) is 2.54. The van der Waals surface area contributed by atoms with Crippen molar-refractivity contribution in [3.05, 3.63) is 23.1 Å². The third-order valence-corrected chi connectivity index (χ3v) is 2.75. The van der Waals surface area contributed by atoms with Crippen molar-refractivity contribution < 1.29 is 9.18 Å². The van der Waals surface area contributed by atoms with Crippen molar-refractivity contribution >= 4 is 23.3 Å². The minimum atomic E-state index is -0.546. The van der Waals surface area contributed by atoms with Gasteiger partial charge in [0.1, 0.15) is 6.04 Å². The van der Waals surface area contributed by atoms with Crippen molar-refractivity contribution in [2.24, 2.45) is 0 Å². The van der Waals surface area contributed by atoms with Crippen molar-refractivity contribution in [3.8, 4) is 0 Å². The summed E-state index contributed by atoms with van der Waals surface area (Å²) in [7, 11) is 1.72. The van der Waals surface area contributed by atoms with Crippen LogP contribution in [0.1, 0.15) is 6.42 Å². The molecule has 86 valence electrons. The first-order valence-electron chi connectivity index (χ1n) is 4.90. The molecule has 1 aliphatic rings. The first-order chi connectivity index (χ1) is 7.58. The van der Waals surface area contributed by atoms with Gasteiger partial charge in [-0.2, -0.15) is 0 Å². The minimum absolute atomic E-state index is 0.0452. The largest absolute Gasteiger partial charge is 0.356 e. The molecule has 0 spiro atoms. The average molecular weight is 244 g/mol. The highest BCUT2D eigenvalue weighted by Crippen LogP contribution is 2.19. The molecule has 6 heteroatoms. The number of anilines is 1. The zero-order valence-corrected chi connectivity index (χ0v) is 9.46. The first kappa shape index (κ1) is 11.1. The lowest BCUT2D eigenvalue weighted by Crippen LogP contribution is -2.31. The lowest BCUT2D eigenvalue weighted by atomic mass is 10.2. The Hall–Kier alpha value is -1.36. The van der Waals surface area contributed by atoms with Crippen LogP contribution in [0, 0.1) is 5.82 Å². The van der Waals surface area contributed by atoms with Gasteiger partial charge in [-0.3, -0.25) is 4.79 Å². The van der Waals surface area contributed by atoms with Crippen molar-refractivity contribution in [2.45, 2.75) is 12.5 Å². The van der Waals surface area contributed by atoms with Crippen LogP contribution in [0.25, 0.3) is 0 Å². The summed E-state index contributed by atoms with van der Waals surface area (Å²) in [6.07, 6.45) is 2.00. The molecule has 2 rings (SSSR count). The Bertz CT molecular complexity index is 427. The summed E-state index contributed by atoms with van der Waals surface area (Å²) in [6.45, 7) is 0.672. The van der Waals surface area contributed by atoms with Crippen molar-refractivity contribution in [1.82, 2.24) is 9.88 Å². The molecule has 1 N–H and O–H groups in total. The zero-order chi connectivity index (χ0) is 11.7. The van der Waals surface area contributed by atoms with Gasteiger partial charge in [0, 0.05) is 19.8 Å². The zero-order valence-electron chi connectivity index (χ0n) is 8.70. The summed E-state index contributed by atoms with van der Waals surface area (Å²) < 4.78 is 13.4. The van der Waals surface area contributed by atoms with Gasteiger partial charge in [-0.05, 0) is 12.5 Å². The smallest absolute Gasteiger partial charge is 0.244 e. The number of likely N-dealkylation sites (N-methyl/N-ethyl adjacent to an activating group) is 1. The molecule has 4 nitrogen and oxygen atoms in total. The predicted molar refractivity (Wildman–Crippen MR) is 58.9 cm³/mol. The minimum Gasteiger partial charge on any atom is -0.356 e. The van der Waals surface area contributed by atoms with Crippen LogP contribution in [-0.4, -0.2) is 35.4 Å². The number of halogens is 2. The van der Waals surface area contributed by atoms with Gasteiger partial charge in [0.25, 0.3) is 0 Å². The van der Waals surface area contributed by atoms with Gasteiger partial charge in [-0.25, -0.2) is 9.37 Å². The van der Waals surface area contributed by atoms with E-state index in [0.717, 1.165) is 0 Å². The summed E-state index contributed by atoms with van der Waals surface area (Å²) in [5, 5.41) is 3.01. The molecule has 1 aromatic heterocycles. The Kier molecular flexibility index (Phi) is 2.96. The van der Waals surface area contributed by atoms with Crippen LogP contribution in [0.2, 0.25) is 5.02 Å². The van der Waals surface area contributed by atoms with E-state index in [1.54, 1.807) is 11.9 Å². The number of carbonyl (C=O) groups is 1. The molecule has 0 aliphatic carbocycles. The van der Waals surface area contributed by atoms with E-state index in [0.29, 0.717) is 13.0 Å². The van der Waals surface area contributed by atoms with Gasteiger partial charge in [-0.1, -0.05) is 11.6 Å². The SMILES string of the molecule is CN1CCC(Nc2ncc(Cl)cc2F)C1=O. The first-order valence-corrected chi connectivity index (χ1v) is 5.28. The maximum absolute atomic E-state index is 13.4. The van der Waals surface area contributed by atoms with E-state index < -0.39 is 11.9 Å². The van der Waals surface area contributed by atoms with E-state index in [9.17, 15) is 9.18 Å².